The highest BCUT2D eigenvalue weighted by Gasteiger charge is 2.38. The molecule has 2 N–H and O–H groups in total. The van der Waals surface area contributed by atoms with Gasteiger partial charge in [0.25, 0.3) is 0 Å². The summed E-state index contributed by atoms with van der Waals surface area (Å²) in [5.74, 6) is 1.61. The molecule has 1 heterocycles. The maximum absolute atomic E-state index is 5.96. The van der Waals surface area contributed by atoms with Crippen molar-refractivity contribution in [1.82, 2.24) is 4.90 Å². The summed E-state index contributed by atoms with van der Waals surface area (Å²) in [5.41, 5.74) is 6.16. The molecule has 0 aliphatic carbocycles. The van der Waals surface area contributed by atoms with E-state index in [1.54, 1.807) is 0 Å². The van der Waals surface area contributed by atoms with Crippen LogP contribution in [0, 0.1) is 11.8 Å². The Labute approximate surface area is 95.2 Å². The van der Waals surface area contributed by atoms with E-state index in [9.17, 15) is 0 Å². The summed E-state index contributed by atoms with van der Waals surface area (Å²) in [4.78, 5) is 2.64. The molecule has 4 unspecified atom stereocenters. The molecule has 1 aliphatic rings. The molecule has 15 heavy (non-hydrogen) atoms. The molecule has 2 heteroatoms. The van der Waals surface area contributed by atoms with Crippen LogP contribution in [0.5, 0.6) is 0 Å². The predicted molar refractivity (Wildman–Crippen MR) is 66.9 cm³/mol. The largest absolute Gasteiger partial charge is 0.329 e. The average molecular weight is 212 g/mol. The highest BCUT2D eigenvalue weighted by atomic mass is 15.2. The molecular formula is C13H28N2. The lowest BCUT2D eigenvalue weighted by atomic mass is 9.81. The molecule has 1 fully saturated rings. The molecule has 90 valence electrons. The van der Waals surface area contributed by atoms with Crippen molar-refractivity contribution in [2.75, 3.05) is 13.1 Å². The van der Waals surface area contributed by atoms with Crippen molar-refractivity contribution in [3.8, 4) is 0 Å². The third kappa shape index (κ3) is 2.54. The molecule has 0 aromatic heterocycles. The fourth-order valence-corrected chi connectivity index (χ4v) is 2.89. The maximum atomic E-state index is 5.96. The van der Waals surface area contributed by atoms with E-state index in [4.69, 9.17) is 5.73 Å². The van der Waals surface area contributed by atoms with Gasteiger partial charge < -0.3 is 5.73 Å². The SMILES string of the molecule is CCC(C)(CN)N1CC(C)CC(C)C1C. The number of hydrogen-bond donors (Lipinski definition) is 1. The Morgan fingerprint density at radius 2 is 1.93 bits per heavy atom. The molecule has 0 aromatic rings. The van der Waals surface area contributed by atoms with Gasteiger partial charge in [-0.15, -0.1) is 0 Å². The predicted octanol–water partition coefficient (Wildman–Crippen LogP) is 2.48. The zero-order valence-electron chi connectivity index (χ0n) is 11.1. The number of likely N-dealkylation sites (tertiary alicyclic amines) is 1. The molecule has 2 nitrogen and oxygen atoms in total. The van der Waals surface area contributed by atoms with Crippen molar-refractivity contribution >= 4 is 0 Å². The van der Waals surface area contributed by atoms with Gasteiger partial charge in [-0.1, -0.05) is 20.8 Å². The Balaban J connectivity index is 2.81. The molecular weight excluding hydrogens is 184 g/mol. The summed E-state index contributed by atoms with van der Waals surface area (Å²) in [6.07, 6.45) is 2.51. The summed E-state index contributed by atoms with van der Waals surface area (Å²) in [6, 6.07) is 0.676. The first kappa shape index (κ1) is 13.0. The summed E-state index contributed by atoms with van der Waals surface area (Å²) < 4.78 is 0. The van der Waals surface area contributed by atoms with Gasteiger partial charge in [-0.05, 0) is 38.5 Å². The summed E-state index contributed by atoms with van der Waals surface area (Å²) >= 11 is 0. The normalized spacial score (nSPS) is 37.6. The van der Waals surface area contributed by atoms with Gasteiger partial charge in [0.1, 0.15) is 0 Å². The monoisotopic (exact) mass is 212 g/mol. The summed E-state index contributed by atoms with van der Waals surface area (Å²) in [7, 11) is 0. The lowest BCUT2D eigenvalue weighted by Gasteiger charge is -2.50. The summed E-state index contributed by atoms with van der Waals surface area (Å²) in [6.45, 7) is 13.7. The van der Waals surface area contributed by atoms with Crippen LogP contribution < -0.4 is 5.73 Å². The standard InChI is InChI=1S/C13H28N2/c1-6-13(5,9-14)15-8-10(2)7-11(3)12(15)4/h10-12H,6-9,14H2,1-5H3. The third-order valence-electron chi connectivity index (χ3n) is 4.49. The lowest BCUT2D eigenvalue weighted by molar-refractivity contribution is -0.00887. The molecule has 0 saturated carbocycles. The Kier molecular flexibility index (Phi) is 4.19. The van der Waals surface area contributed by atoms with E-state index in [1.165, 1.54) is 13.0 Å². The lowest BCUT2D eigenvalue weighted by Crippen LogP contribution is -2.59. The van der Waals surface area contributed by atoms with Crippen LogP contribution in [0.3, 0.4) is 0 Å². The van der Waals surface area contributed by atoms with Crippen molar-refractivity contribution in [1.29, 1.82) is 0 Å². The second kappa shape index (κ2) is 4.84. The number of rotatable bonds is 3. The van der Waals surface area contributed by atoms with Gasteiger partial charge in [0.05, 0.1) is 0 Å². The van der Waals surface area contributed by atoms with Crippen LogP contribution in [-0.2, 0) is 0 Å². The van der Waals surface area contributed by atoms with Crippen molar-refractivity contribution in [2.45, 2.75) is 59.0 Å². The van der Waals surface area contributed by atoms with Gasteiger partial charge in [0.2, 0.25) is 0 Å². The van der Waals surface area contributed by atoms with Gasteiger partial charge in [-0.3, -0.25) is 4.90 Å². The Bertz CT molecular complexity index is 199. The number of piperidine rings is 1. The van der Waals surface area contributed by atoms with Crippen molar-refractivity contribution < 1.29 is 0 Å². The minimum atomic E-state index is 0.197. The second-order valence-electron chi connectivity index (χ2n) is 5.77. The average Bonchev–Trinajstić information content (AvgIpc) is 2.22. The van der Waals surface area contributed by atoms with Gasteiger partial charge in [0, 0.05) is 24.7 Å². The molecule has 4 atom stereocenters. The zero-order valence-corrected chi connectivity index (χ0v) is 11.1. The summed E-state index contributed by atoms with van der Waals surface area (Å²) in [5, 5.41) is 0. The molecule has 0 bridgehead atoms. The van der Waals surface area contributed by atoms with E-state index in [1.807, 2.05) is 0 Å². The quantitative estimate of drug-likeness (QED) is 0.779. The zero-order chi connectivity index (χ0) is 11.6. The van der Waals surface area contributed by atoms with Gasteiger partial charge in [-0.2, -0.15) is 0 Å². The van der Waals surface area contributed by atoms with Crippen LogP contribution >= 0.6 is 0 Å². The van der Waals surface area contributed by atoms with Crippen LogP contribution in [0.25, 0.3) is 0 Å². The first-order valence-corrected chi connectivity index (χ1v) is 6.41. The molecule has 0 amide bonds. The van der Waals surface area contributed by atoms with Crippen LogP contribution in [0.2, 0.25) is 0 Å². The van der Waals surface area contributed by atoms with Crippen molar-refractivity contribution in [3.63, 3.8) is 0 Å². The topological polar surface area (TPSA) is 29.3 Å². The molecule has 0 radical (unpaired) electrons. The number of hydrogen-bond acceptors (Lipinski definition) is 2. The van der Waals surface area contributed by atoms with E-state index in [-0.39, 0.29) is 5.54 Å². The highest BCUT2D eigenvalue weighted by molar-refractivity contribution is 4.94. The van der Waals surface area contributed by atoms with Crippen LogP contribution in [-0.4, -0.2) is 29.6 Å². The maximum Gasteiger partial charge on any atom is 0.0304 e. The van der Waals surface area contributed by atoms with E-state index in [0.717, 1.165) is 24.8 Å². The van der Waals surface area contributed by atoms with E-state index in [2.05, 4.69) is 39.5 Å². The number of nitrogens with two attached hydrogens (primary N) is 1. The second-order valence-corrected chi connectivity index (χ2v) is 5.77. The van der Waals surface area contributed by atoms with Gasteiger partial charge in [0.15, 0.2) is 0 Å². The molecule has 0 spiro atoms. The van der Waals surface area contributed by atoms with Crippen LogP contribution in [0.4, 0.5) is 0 Å². The first-order chi connectivity index (χ1) is 6.94. The van der Waals surface area contributed by atoms with Gasteiger partial charge in [-0.25, -0.2) is 0 Å². The fourth-order valence-electron chi connectivity index (χ4n) is 2.89. The van der Waals surface area contributed by atoms with Crippen molar-refractivity contribution in [3.05, 3.63) is 0 Å². The van der Waals surface area contributed by atoms with E-state index >= 15 is 0 Å². The number of nitrogens with zero attached hydrogens (tertiary/aromatic N) is 1. The van der Waals surface area contributed by atoms with E-state index < -0.39 is 0 Å². The van der Waals surface area contributed by atoms with Gasteiger partial charge >= 0.3 is 0 Å². The Morgan fingerprint density at radius 1 is 1.33 bits per heavy atom. The van der Waals surface area contributed by atoms with Crippen LogP contribution in [0.15, 0.2) is 0 Å². The minimum absolute atomic E-state index is 0.197. The Hall–Kier alpha value is -0.0800. The Morgan fingerprint density at radius 3 is 2.40 bits per heavy atom. The molecule has 1 aliphatic heterocycles. The minimum Gasteiger partial charge on any atom is -0.329 e. The fraction of sp³-hybridized carbons (Fsp3) is 1.00. The van der Waals surface area contributed by atoms with Crippen molar-refractivity contribution in [2.24, 2.45) is 17.6 Å². The third-order valence-corrected chi connectivity index (χ3v) is 4.49. The molecule has 1 rings (SSSR count). The van der Waals surface area contributed by atoms with Crippen LogP contribution in [0.1, 0.15) is 47.5 Å². The first-order valence-electron chi connectivity index (χ1n) is 6.41. The molecule has 1 saturated heterocycles. The molecule has 0 aromatic carbocycles. The smallest absolute Gasteiger partial charge is 0.0304 e. The van der Waals surface area contributed by atoms with E-state index in [0.29, 0.717) is 6.04 Å². The highest BCUT2D eigenvalue weighted by Crippen LogP contribution is 2.33.